The monoisotopic (exact) mass is 282 g/mol. The molecule has 1 N–H and O–H groups in total. The predicted molar refractivity (Wildman–Crippen MR) is 91.1 cm³/mol. The summed E-state index contributed by atoms with van der Waals surface area (Å²) in [4.78, 5) is 0. The second kappa shape index (κ2) is 16.8. The zero-order valence-corrected chi connectivity index (χ0v) is 14.1. The number of hydrogen-bond acceptors (Lipinski definition) is 1. The van der Waals surface area contributed by atoms with Crippen molar-refractivity contribution in [2.75, 3.05) is 0 Å². The predicted octanol–water partition coefficient (Wildman–Crippen LogP) is 6.40. The van der Waals surface area contributed by atoms with E-state index in [1.165, 1.54) is 83.5 Å². The first-order valence-corrected chi connectivity index (χ1v) is 9.12. The molecule has 0 aliphatic carbocycles. The molecule has 0 aliphatic rings. The van der Waals surface area contributed by atoms with Gasteiger partial charge in [-0.1, -0.05) is 96.1 Å². The third-order valence-electron chi connectivity index (χ3n) is 3.89. The van der Waals surface area contributed by atoms with Crippen molar-refractivity contribution in [1.82, 2.24) is 0 Å². The summed E-state index contributed by atoms with van der Waals surface area (Å²) < 4.78 is 0. The Bertz CT molecular complexity index is 196. The van der Waals surface area contributed by atoms with Gasteiger partial charge in [-0.3, -0.25) is 0 Å². The topological polar surface area (TPSA) is 20.2 Å². The summed E-state index contributed by atoms with van der Waals surface area (Å²) in [7, 11) is 0. The SMILES string of the molecule is CCCCCCCCCCCCCCCC=CC(C)O. The van der Waals surface area contributed by atoms with Crippen LogP contribution in [0.4, 0.5) is 0 Å². The second-order valence-electron chi connectivity index (χ2n) is 6.20. The maximum absolute atomic E-state index is 9.07. The molecule has 20 heavy (non-hydrogen) atoms. The van der Waals surface area contributed by atoms with E-state index in [4.69, 9.17) is 5.11 Å². The number of hydrogen-bond donors (Lipinski definition) is 1. The van der Waals surface area contributed by atoms with Crippen LogP contribution in [0.5, 0.6) is 0 Å². The largest absolute Gasteiger partial charge is 0.389 e. The van der Waals surface area contributed by atoms with Crippen molar-refractivity contribution in [2.24, 2.45) is 0 Å². The van der Waals surface area contributed by atoms with Crippen LogP contribution < -0.4 is 0 Å². The summed E-state index contributed by atoms with van der Waals surface area (Å²) >= 11 is 0. The Labute approximate surface area is 127 Å². The summed E-state index contributed by atoms with van der Waals surface area (Å²) in [6, 6.07) is 0. The van der Waals surface area contributed by atoms with E-state index in [0.717, 1.165) is 6.42 Å². The highest BCUT2D eigenvalue weighted by molar-refractivity contribution is 4.85. The van der Waals surface area contributed by atoms with E-state index in [0.29, 0.717) is 0 Å². The maximum atomic E-state index is 9.07. The van der Waals surface area contributed by atoms with Crippen LogP contribution in [-0.2, 0) is 0 Å². The van der Waals surface area contributed by atoms with Crippen LogP contribution in [-0.4, -0.2) is 11.2 Å². The molecule has 0 rings (SSSR count). The van der Waals surface area contributed by atoms with Crippen molar-refractivity contribution in [3.05, 3.63) is 12.2 Å². The Balaban J connectivity index is 2.99. The van der Waals surface area contributed by atoms with E-state index in [2.05, 4.69) is 13.0 Å². The number of unbranched alkanes of at least 4 members (excludes halogenated alkanes) is 13. The minimum absolute atomic E-state index is 0.281. The summed E-state index contributed by atoms with van der Waals surface area (Å²) in [5.74, 6) is 0. The number of aliphatic hydroxyl groups is 1. The zero-order valence-electron chi connectivity index (χ0n) is 14.1. The normalized spacial score (nSPS) is 13.2. The minimum atomic E-state index is -0.281. The molecule has 0 aromatic rings. The Morgan fingerprint density at radius 1 is 0.700 bits per heavy atom. The third-order valence-corrected chi connectivity index (χ3v) is 3.89. The van der Waals surface area contributed by atoms with Crippen LogP contribution in [0.25, 0.3) is 0 Å². The van der Waals surface area contributed by atoms with Crippen LogP contribution in [0.3, 0.4) is 0 Å². The molecule has 0 saturated heterocycles. The molecule has 0 aliphatic heterocycles. The Morgan fingerprint density at radius 2 is 1.10 bits per heavy atom. The van der Waals surface area contributed by atoms with Gasteiger partial charge in [-0.15, -0.1) is 0 Å². The average Bonchev–Trinajstić information content (AvgIpc) is 2.43. The molecule has 0 spiro atoms. The van der Waals surface area contributed by atoms with Gasteiger partial charge in [0.25, 0.3) is 0 Å². The van der Waals surface area contributed by atoms with Gasteiger partial charge in [0.05, 0.1) is 6.10 Å². The van der Waals surface area contributed by atoms with E-state index >= 15 is 0 Å². The van der Waals surface area contributed by atoms with Crippen molar-refractivity contribution in [1.29, 1.82) is 0 Å². The number of aliphatic hydroxyl groups excluding tert-OH is 1. The lowest BCUT2D eigenvalue weighted by Gasteiger charge is -2.02. The van der Waals surface area contributed by atoms with Crippen LogP contribution >= 0.6 is 0 Å². The molecule has 0 saturated carbocycles. The third kappa shape index (κ3) is 17.7. The quantitative estimate of drug-likeness (QED) is 0.272. The smallest absolute Gasteiger partial charge is 0.0692 e. The molecule has 0 aromatic carbocycles. The summed E-state index contributed by atoms with van der Waals surface area (Å²) in [5.41, 5.74) is 0. The first kappa shape index (κ1) is 19.7. The first-order chi connectivity index (χ1) is 9.77. The average molecular weight is 283 g/mol. The lowest BCUT2D eigenvalue weighted by Crippen LogP contribution is -1.91. The molecule has 1 atom stereocenters. The summed E-state index contributed by atoms with van der Waals surface area (Å²) in [5, 5.41) is 9.07. The van der Waals surface area contributed by atoms with Gasteiger partial charge < -0.3 is 5.11 Å². The fourth-order valence-corrected chi connectivity index (χ4v) is 2.57. The van der Waals surface area contributed by atoms with E-state index in [1.807, 2.05) is 6.08 Å². The van der Waals surface area contributed by atoms with Gasteiger partial charge in [-0.25, -0.2) is 0 Å². The van der Waals surface area contributed by atoms with Crippen molar-refractivity contribution in [3.8, 4) is 0 Å². The van der Waals surface area contributed by atoms with Gasteiger partial charge in [-0.2, -0.15) is 0 Å². The fraction of sp³-hybridized carbons (Fsp3) is 0.895. The highest BCUT2D eigenvalue weighted by atomic mass is 16.3. The molecule has 0 amide bonds. The van der Waals surface area contributed by atoms with Gasteiger partial charge in [0.15, 0.2) is 0 Å². The van der Waals surface area contributed by atoms with Crippen LogP contribution in [0.2, 0.25) is 0 Å². The van der Waals surface area contributed by atoms with E-state index in [1.54, 1.807) is 6.92 Å². The molecule has 1 unspecified atom stereocenters. The molecule has 0 aromatic heterocycles. The summed E-state index contributed by atoms with van der Waals surface area (Å²) in [6.07, 6.45) is 23.2. The summed E-state index contributed by atoms with van der Waals surface area (Å²) in [6.45, 7) is 4.09. The standard InChI is InChI=1S/C19H38O/c1-3-4-5-6-7-8-9-10-11-12-13-14-15-16-17-18-19(2)20/h17-20H,3-16H2,1-2H3. The van der Waals surface area contributed by atoms with E-state index < -0.39 is 0 Å². The van der Waals surface area contributed by atoms with Crippen molar-refractivity contribution in [2.45, 2.75) is 110 Å². The maximum Gasteiger partial charge on any atom is 0.0692 e. The van der Waals surface area contributed by atoms with Gasteiger partial charge >= 0.3 is 0 Å². The molecule has 0 bridgehead atoms. The minimum Gasteiger partial charge on any atom is -0.389 e. The lowest BCUT2D eigenvalue weighted by molar-refractivity contribution is 0.244. The Kier molecular flexibility index (Phi) is 16.5. The molecule has 0 radical (unpaired) electrons. The second-order valence-corrected chi connectivity index (χ2v) is 6.20. The molecular formula is C19H38O. The Morgan fingerprint density at radius 3 is 1.50 bits per heavy atom. The van der Waals surface area contributed by atoms with Crippen molar-refractivity contribution >= 4 is 0 Å². The van der Waals surface area contributed by atoms with Crippen molar-refractivity contribution < 1.29 is 5.11 Å². The lowest BCUT2D eigenvalue weighted by atomic mass is 10.0. The van der Waals surface area contributed by atoms with Gasteiger partial charge in [0.1, 0.15) is 0 Å². The van der Waals surface area contributed by atoms with Gasteiger partial charge in [-0.05, 0) is 19.8 Å². The van der Waals surface area contributed by atoms with E-state index in [-0.39, 0.29) is 6.10 Å². The van der Waals surface area contributed by atoms with Crippen LogP contribution in [0.1, 0.15) is 104 Å². The number of allylic oxidation sites excluding steroid dienone is 1. The van der Waals surface area contributed by atoms with Gasteiger partial charge in [0.2, 0.25) is 0 Å². The Hall–Kier alpha value is -0.300. The highest BCUT2D eigenvalue weighted by Crippen LogP contribution is 2.12. The van der Waals surface area contributed by atoms with E-state index in [9.17, 15) is 0 Å². The van der Waals surface area contributed by atoms with Gasteiger partial charge in [0, 0.05) is 0 Å². The van der Waals surface area contributed by atoms with Crippen molar-refractivity contribution in [3.63, 3.8) is 0 Å². The molecule has 1 nitrogen and oxygen atoms in total. The van der Waals surface area contributed by atoms with Crippen LogP contribution in [0.15, 0.2) is 12.2 Å². The zero-order chi connectivity index (χ0) is 14.9. The number of rotatable bonds is 15. The molecule has 1 heteroatoms. The fourth-order valence-electron chi connectivity index (χ4n) is 2.57. The molecule has 0 fully saturated rings. The molecule has 0 heterocycles. The van der Waals surface area contributed by atoms with Crippen LogP contribution in [0, 0.1) is 0 Å². The molecule has 120 valence electrons. The highest BCUT2D eigenvalue weighted by Gasteiger charge is 1.93. The first-order valence-electron chi connectivity index (χ1n) is 9.12. The molecular weight excluding hydrogens is 244 g/mol.